The van der Waals surface area contributed by atoms with E-state index < -0.39 is 0 Å². The minimum absolute atomic E-state index is 0.372. The van der Waals surface area contributed by atoms with Gasteiger partial charge in [0.05, 0.1) is 21.4 Å². The molecule has 0 amide bonds. The van der Waals surface area contributed by atoms with Crippen molar-refractivity contribution in [3.8, 4) is 11.4 Å². The molecule has 5 rings (SSSR count). The van der Waals surface area contributed by atoms with E-state index in [0.717, 1.165) is 53.8 Å². The van der Waals surface area contributed by atoms with Crippen molar-refractivity contribution < 1.29 is 4.74 Å². The lowest BCUT2D eigenvalue weighted by molar-refractivity contribution is 0.301. The Labute approximate surface area is 194 Å². The van der Waals surface area contributed by atoms with Crippen LogP contribution in [-0.2, 0) is 6.61 Å². The molecule has 1 saturated heterocycles. The first-order valence-electron chi connectivity index (χ1n) is 10.3. The first-order valence-corrected chi connectivity index (χ1v) is 11.5. The van der Waals surface area contributed by atoms with Crippen LogP contribution < -0.4 is 9.64 Å². The predicted octanol–water partition coefficient (Wildman–Crippen LogP) is 3.83. The van der Waals surface area contributed by atoms with Crippen LogP contribution in [-0.4, -0.2) is 48.2 Å². The third-order valence-electron chi connectivity index (χ3n) is 5.37. The highest BCUT2D eigenvalue weighted by Crippen LogP contribution is 2.32. The molecule has 11 heteroatoms. The van der Waals surface area contributed by atoms with Crippen molar-refractivity contribution in [2.75, 3.05) is 18.0 Å². The smallest absolute Gasteiger partial charge is 0.225 e. The molecule has 0 aliphatic carbocycles. The Kier molecular flexibility index (Phi) is 5.95. The number of rotatable bonds is 6. The van der Waals surface area contributed by atoms with E-state index in [1.165, 1.54) is 6.33 Å². The molecular formula is C21H21ClN8OS. The van der Waals surface area contributed by atoms with Crippen molar-refractivity contribution in [2.45, 2.75) is 32.3 Å². The van der Waals surface area contributed by atoms with Crippen molar-refractivity contribution in [3.63, 3.8) is 0 Å². The lowest BCUT2D eigenvalue weighted by Crippen LogP contribution is -2.34. The molecule has 1 aromatic carbocycles. The van der Waals surface area contributed by atoms with Gasteiger partial charge in [0.15, 0.2) is 0 Å². The number of hydrogen-bond donors (Lipinski definition) is 0. The normalized spacial score (nSPS) is 14.6. The molecule has 1 aliphatic rings. The number of halogens is 1. The Morgan fingerprint density at radius 3 is 2.72 bits per heavy atom. The predicted molar refractivity (Wildman–Crippen MR) is 122 cm³/mol. The topological polar surface area (TPSA) is 94.7 Å². The fourth-order valence-corrected chi connectivity index (χ4v) is 4.84. The number of hydrogen-bond acceptors (Lipinski definition) is 9. The van der Waals surface area contributed by atoms with Crippen LogP contribution in [0.15, 0.2) is 42.3 Å². The largest absolute Gasteiger partial charge is 0.486 e. The van der Waals surface area contributed by atoms with Crippen LogP contribution in [0.3, 0.4) is 0 Å². The van der Waals surface area contributed by atoms with Gasteiger partial charge in [0, 0.05) is 36.8 Å². The van der Waals surface area contributed by atoms with E-state index in [4.69, 9.17) is 21.3 Å². The van der Waals surface area contributed by atoms with Gasteiger partial charge < -0.3 is 9.64 Å². The fraction of sp³-hybridized carbons (Fsp3) is 0.333. The summed E-state index contributed by atoms with van der Waals surface area (Å²) in [6, 6.07) is 5.44. The van der Waals surface area contributed by atoms with E-state index in [9.17, 15) is 0 Å². The second kappa shape index (κ2) is 9.17. The first kappa shape index (κ1) is 20.8. The van der Waals surface area contributed by atoms with Gasteiger partial charge in [-0.1, -0.05) is 11.6 Å². The summed E-state index contributed by atoms with van der Waals surface area (Å²) in [5, 5.41) is 14.8. The average molecular weight is 469 g/mol. The highest BCUT2D eigenvalue weighted by molar-refractivity contribution is 7.09. The van der Waals surface area contributed by atoms with Crippen molar-refractivity contribution in [3.05, 3.63) is 63.6 Å². The summed E-state index contributed by atoms with van der Waals surface area (Å²) in [5.41, 5.74) is 2.76. The van der Waals surface area contributed by atoms with E-state index in [1.807, 2.05) is 31.5 Å². The summed E-state index contributed by atoms with van der Waals surface area (Å²) in [6.45, 7) is 4.24. The minimum Gasteiger partial charge on any atom is -0.486 e. The Morgan fingerprint density at radius 2 is 2.00 bits per heavy atom. The molecule has 164 valence electrons. The number of piperidine rings is 1. The summed E-state index contributed by atoms with van der Waals surface area (Å²) in [5.74, 6) is 1.87. The second-order valence-electron chi connectivity index (χ2n) is 7.66. The number of aromatic nitrogens is 7. The molecule has 0 radical (unpaired) electrons. The van der Waals surface area contributed by atoms with Crippen molar-refractivity contribution in [1.29, 1.82) is 0 Å². The van der Waals surface area contributed by atoms with Gasteiger partial charge in [-0.15, -0.1) is 16.4 Å². The minimum atomic E-state index is 0.372. The first-order chi connectivity index (χ1) is 15.7. The van der Waals surface area contributed by atoms with Crippen LogP contribution in [0.5, 0.6) is 5.75 Å². The van der Waals surface area contributed by atoms with Crippen molar-refractivity contribution >= 4 is 28.9 Å². The van der Waals surface area contributed by atoms with Crippen LogP contribution in [0, 0.1) is 6.92 Å². The fourth-order valence-electron chi connectivity index (χ4n) is 3.63. The van der Waals surface area contributed by atoms with Crippen molar-refractivity contribution in [1.82, 2.24) is 35.2 Å². The number of aryl methyl sites for hydroxylation is 1. The summed E-state index contributed by atoms with van der Waals surface area (Å²) >= 11 is 8.07. The van der Waals surface area contributed by atoms with Crippen LogP contribution in [0.1, 0.15) is 35.0 Å². The zero-order valence-electron chi connectivity index (χ0n) is 17.4. The maximum Gasteiger partial charge on any atom is 0.225 e. The summed E-state index contributed by atoms with van der Waals surface area (Å²) in [7, 11) is 0. The van der Waals surface area contributed by atoms with Crippen LogP contribution >= 0.6 is 22.9 Å². The molecule has 0 N–H and O–H groups in total. The Balaban J connectivity index is 1.17. The number of ether oxygens (including phenoxy) is 1. The van der Waals surface area contributed by atoms with Crippen LogP contribution in [0.4, 0.5) is 5.95 Å². The molecule has 3 aromatic heterocycles. The molecule has 0 bridgehead atoms. The molecule has 4 heterocycles. The monoisotopic (exact) mass is 468 g/mol. The van der Waals surface area contributed by atoms with Gasteiger partial charge in [-0.05, 0) is 54.0 Å². The molecule has 1 fully saturated rings. The molecule has 9 nitrogen and oxygen atoms in total. The lowest BCUT2D eigenvalue weighted by Gasteiger charge is -2.31. The summed E-state index contributed by atoms with van der Waals surface area (Å²) in [4.78, 5) is 16.0. The summed E-state index contributed by atoms with van der Waals surface area (Å²) in [6.07, 6.45) is 7.33. The van der Waals surface area contributed by atoms with E-state index in [-0.39, 0.29) is 0 Å². The second-order valence-corrected chi connectivity index (χ2v) is 8.95. The molecule has 0 atom stereocenters. The van der Waals surface area contributed by atoms with E-state index in [0.29, 0.717) is 23.3 Å². The molecule has 0 saturated carbocycles. The SMILES string of the molecule is Cc1cnc(N2CCC(c3nc(COc4ccc(-n5cnnn5)cc4Cl)cs3)CC2)nc1. The zero-order chi connectivity index (χ0) is 21.9. The van der Waals surface area contributed by atoms with Gasteiger partial charge in [0.25, 0.3) is 0 Å². The maximum atomic E-state index is 6.37. The van der Waals surface area contributed by atoms with Gasteiger partial charge in [-0.25, -0.2) is 19.6 Å². The van der Waals surface area contributed by atoms with E-state index >= 15 is 0 Å². The molecule has 0 spiro atoms. The van der Waals surface area contributed by atoms with Crippen LogP contribution in [0.25, 0.3) is 5.69 Å². The molecule has 4 aromatic rings. The number of benzene rings is 1. The highest BCUT2D eigenvalue weighted by atomic mass is 35.5. The maximum absolute atomic E-state index is 6.37. The number of anilines is 1. The Morgan fingerprint density at radius 1 is 1.19 bits per heavy atom. The van der Waals surface area contributed by atoms with E-state index in [1.54, 1.807) is 22.1 Å². The number of nitrogens with zero attached hydrogens (tertiary/aromatic N) is 8. The van der Waals surface area contributed by atoms with Gasteiger partial charge in [-0.3, -0.25) is 0 Å². The molecule has 1 aliphatic heterocycles. The standard InChI is InChI=1S/C21H21ClN8OS/c1-14-9-23-21(24-10-14)29-6-4-15(5-7-29)20-26-16(12-32-20)11-31-19-3-2-17(8-18(19)22)30-13-25-27-28-30/h2-3,8-10,12-13,15H,4-7,11H2,1H3. The summed E-state index contributed by atoms with van der Waals surface area (Å²) < 4.78 is 7.45. The van der Waals surface area contributed by atoms with Gasteiger partial charge in [0.1, 0.15) is 18.7 Å². The number of tetrazole rings is 1. The van der Waals surface area contributed by atoms with Gasteiger partial charge in [0.2, 0.25) is 5.95 Å². The number of thiazole rings is 1. The highest BCUT2D eigenvalue weighted by Gasteiger charge is 2.24. The van der Waals surface area contributed by atoms with E-state index in [2.05, 4.69) is 35.8 Å². The Bertz CT molecular complexity index is 1170. The molecule has 0 unspecified atom stereocenters. The third kappa shape index (κ3) is 4.56. The van der Waals surface area contributed by atoms with Gasteiger partial charge in [-0.2, -0.15) is 0 Å². The lowest BCUT2D eigenvalue weighted by atomic mass is 9.98. The molecule has 32 heavy (non-hydrogen) atoms. The van der Waals surface area contributed by atoms with Gasteiger partial charge >= 0.3 is 0 Å². The zero-order valence-corrected chi connectivity index (χ0v) is 19.0. The Hall–Kier alpha value is -3.11. The van der Waals surface area contributed by atoms with Crippen LogP contribution in [0.2, 0.25) is 5.02 Å². The third-order valence-corrected chi connectivity index (χ3v) is 6.72. The average Bonchev–Trinajstić information content (AvgIpc) is 3.52. The molecular weight excluding hydrogens is 448 g/mol. The van der Waals surface area contributed by atoms with Crippen molar-refractivity contribution in [2.24, 2.45) is 0 Å². The quantitative estimate of drug-likeness (QED) is 0.421.